The van der Waals surface area contributed by atoms with Crippen molar-refractivity contribution in [2.24, 2.45) is 5.73 Å². The van der Waals surface area contributed by atoms with Crippen LogP contribution in [-0.4, -0.2) is 77.6 Å². The van der Waals surface area contributed by atoms with Crippen LogP contribution in [0.15, 0.2) is 6.07 Å². The number of hydrogen-bond donors (Lipinski definition) is 4. The van der Waals surface area contributed by atoms with E-state index in [1.165, 1.54) is 0 Å². The Labute approximate surface area is 275 Å². The number of carbonyl (C=O) groups excluding carboxylic acids is 1. The summed E-state index contributed by atoms with van der Waals surface area (Å²) in [5.41, 5.74) is 10.4. The number of phenols is 2. The van der Waals surface area contributed by atoms with Crippen LogP contribution in [-0.2, 0) is 17.6 Å². The molecule has 5 N–H and O–H groups in total. The Morgan fingerprint density at radius 2 is 1.93 bits per heavy atom. The van der Waals surface area contributed by atoms with E-state index in [9.17, 15) is 20.3 Å². The molecule has 4 aliphatic heterocycles. The minimum atomic E-state index is -0.714. The van der Waals surface area contributed by atoms with Crippen molar-refractivity contribution in [1.29, 1.82) is 5.26 Å². The van der Waals surface area contributed by atoms with Crippen LogP contribution in [0.25, 0.3) is 0 Å². The third kappa shape index (κ3) is 4.39. The van der Waals surface area contributed by atoms with Crippen molar-refractivity contribution in [3.8, 4) is 34.8 Å². The molecule has 0 aliphatic carbocycles. The van der Waals surface area contributed by atoms with E-state index in [0.29, 0.717) is 46.8 Å². The van der Waals surface area contributed by atoms with E-state index in [4.69, 9.17) is 19.9 Å². The van der Waals surface area contributed by atoms with Gasteiger partial charge in [-0.1, -0.05) is 6.07 Å². The monoisotopic (exact) mass is 776 g/mol. The summed E-state index contributed by atoms with van der Waals surface area (Å²) in [5.74, 6) is 1.33. The maximum absolute atomic E-state index is 12.6. The smallest absolute Gasteiger partial charge is 0.236 e. The molecule has 1 saturated heterocycles. The number of ether oxygens (including phenoxy) is 3. The number of benzene rings is 2. The molecular formula is C29H35AcN5O6. The number of methoxy groups -OCH3 is 1. The van der Waals surface area contributed by atoms with Crippen molar-refractivity contribution < 1.29 is 73.3 Å². The quantitative estimate of drug-likeness (QED) is 0.361. The molecule has 4 heterocycles. The number of hydrogen-bond acceptors (Lipinski definition) is 10. The van der Waals surface area contributed by atoms with Gasteiger partial charge in [-0.25, -0.2) is 0 Å². The molecule has 2 bridgehead atoms. The SMILES string of the molecule is COc1c(C)cc2c(c1O)C1C3Cc4c(O)c(C)c5c(c4[C@H](CNC(=O)[C@H](C)N)N3[C@@H](C#N)[C@H](C2)N1C)OCO5.[Ac]. The second kappa shape index (κ2) is 11.1. The summed E-state index contributed by atoms with van der Waals surface area (Å²) in [6.45, 7) is 5.48. The molecule has 1 fully saturated rings. The van der Waals surface area contributed by atoms with Gasteiger partial charge in [0, 0.05) is 84.9 Å². The predicted octanol–water partition coefficient (Wildman–Crippen LogP) is 1.69. The average Bonchev–Trinajstić information content (AvgIpc) is 3.41. The van der Waals surface area contributed by atoms with Crippen molar-refractivity contribution in [1.82, 2.24) is 15.1 Å². The number of likely N-dealkylation sites (N-methyl/N-ethyl adjacent to an activating group) is 1. The van der Waals surface area contributed by atoms with E-state index in [-0.39, 0.29) is 92.9 Å². The van der Waals surface area contributed by atoms with Gasteiger partial charge in [-0.2, -0.15) is 5.26 Å². The van der Waals surface area contributed by atoms with Crippen LogP contribution in [0.4, 0.5) is 0 Å². The average molecular weight is 777 g/mol. The maximum atomic E-state index is 12.6. The number of nitrogens with two attached hydrogens (primary N) is 1. The number of nitriles is 1. The van der Waals surface area contributed by atoms with E-state index in [2.05, 4.69) is 21.2 Å². The van der Waals surface area contributed by atoms with Crippen molar-refractivity contribution in [2.45, 2.75) is 69.9 Å². The van der Waals surface area contributed by atoms with Crippen molar-refractivity contribution >= 4 is 5.91 Å². The second-order valence-corrected chi connectivity index (χ2v) is 11.3. The first-order valence-electron chi connectivity index (χ1n) is 13.6. The summed E-state index contributed by atoms with van der Waals surface area (Å²) in [5, 5.41) is 36.5. The van der Waals surface area contributed by atoms with Crippen LogP contribution < -0.4 is 25.3 Å². The zero-order chi connectivity index (χ0) is 28.6. The summed E-state index contributed by atoms with van der Waals surface area (Å²) < 4.78 is 17.3. The zero-order valence-corrected chi connectivity index (χ0v) is 28.6. The van der Waals surface area contributed by atoms with Gasteiger partial charge in [0.2, 0.25) is 12.7 Å². The van der Waals surface area contributed by atoms with Gasteiger partial charge in [-0.15, -0.1) is 0 Å². The number of amides is 1. The second-order valence-electron chi connectivity index (χ2n) is 11.3. The molecule has 2 unspecified atom stereocenters. The van der Waals surface area contributed by atoms with Crippen LogP contribution in [0.3, 0.4) is 0 Å². The first-order valence-corrected chi connectivity index (χ1v) is 13.6. The molecule has 1 radical (unpaired) electrons. The molecule has 0 saturated carbocycles. The Bertz CT molecular complexity index is 1460. The Kier molecular flexibility index (Phi) is 8.17. The standard InChI is InChI=1S/C29H35N5O6.Ac/c1-12-6-15-7-17-19(9-30)34-18(23(33(17)4)21(15)25(36)26(12)38-5)8-16-22(20(34)10-32-29(37)14(3)31)28-27(39-11-40-28)13(2)24(16)35;/h6,14,17-20,23,35-36H,7-8,10-11,31H2,1-5H3,(H,32,37);/t14-,17-,18?,19-,20-,23?;/m0./s1. The van der Waals surface area contributed by atoms with Gasteiger partial charge in [-0.3, -0.25) is 14.6 Å². The molecule has 2 aromatic carbocycles. The number of fused-ring (bicyclic) bond motifs is 9. The van der Waals surface area contributed by atoms with Gasteiger partial charge in [0.1, 0.15) is 11.8 Å². The Hall–Kier alpha value is -2.28. The van der Waals surface area contributed by atoms with Crippen LogP contribution in [0, 0.1) is 69.2 Å². The van der Waals surface area contributed by atoms with Crippen molar-refractivity contribution in [3.05, 3.63) is 39.4 Å². The molecule has 6 rings (SSSR count). The molecule has 215 valence electrons. The number of nitrogens with one attached hydrogen (secondary N) is 1. The summed E-state index contributed by atoms with van der Waals surface area (Å²) in [6, 6.07) is 2.02. The number of nitrogens with zero attached hydrogens (tertiary/aromatic N) is 3. The van der Waals surface area contributed by atoms with E-state index >= 15 is 0 Å². The van der Waals surface area contributed by atoms with Gasteiger partial charge in [0.15, 0.2) is 23.0 Å². The number of rotatable bonds is 4. The molecule has 11 nitrogen and oxygen atoms in total. The summed E-state index contributed by atoms with van der Waals surface area (Å²) in [6.07, 6.45) is 0.955. The molecule has 2 aromatic rings. The van der Waals surface area contributed by atoms with Gasteiger partial charge in [-0.05, 0) is 51.8 Å². The topological polar surface area (TPSA) is 154 Å². The van der Waals surface area contributed by atoms with Crippen molar-refractivity contribution in [3.63, 3.8) is 0 Å². The van der Waals surface area contributed by atoms with Gasteiger partial charge < -0.3 is 35.5 Å². The fraction of sp³-hybridized carbons (Fsp3) is 0.517. The largest absolute Gasteiger partial charge is 0.507 e. The van der Waals surface area contributed by atoms with Gasteiger partial charge >= 0.3 is 0 Å². The Balaban J connectivity index is 0.00000337. The first-order chi connectivity index (χ1) is 19.1. The number of aromatic hydroxyl groups is 2. The molecule has 6 atom stereocenters. The predicted molar refractivity (Wildman–Crippen MR) is 144 cm³/mol. The summed E-state index contributed by atoms with van der Waals surface area (Å²) in [4.78, 5) is 17.0. The number of carbonyl (C=O) groups is 1. The third-order valence-electron chi connectivity index (χ3n) is 9.17. The van der Waals surface area contributed by atoms with E-state index in [1.54, 1.807) is 21.0 Å². The zero-order valence-electron chi connectivity index (χ0n) is 23.9. The van der Waals surface area contributed by atoms with E-state index in [1.807, 2.05) is 20.0 Å². The minimum absolute atomic E-state index is 0. The number of aryl methyl sites for hydroxylation is 1. The third-order valence-corrected chi connectivity index (χ3v) is 9.17. The molecule has 1 amide bonds. The maximum Gasteiger partial charge on any atom is 0.236 e. The van der Waals surface area contributed by atoms with Gasteiger partial charge in [0.25, 0.3) is 0 Å². The Morgan fingerprint density at radius 1 is 1.22 bits per heavy atom. The van der Waals surface area contributed by atoms with Crippen LogP contribution >= 0.6 is 0 Å². The molecule has 0 spiro atoms. The van der Waals surface area contributed by atoms with Crippen LogP contribution in [0.1, 0.15) is 52.4 Å². The van der Waals surface area contributed by atoms with Crippen molar-refractivity contribution in [2.75, 3.05) is 27.5 Å². The van der Waals surface area contributed by atoms with Gasteiger partial charge in [0.05, 0.1) is 31.3 Å². The molecule has 4 aliphatic rings. The summed E-state index contributed by atoms with van der Waals surface area (Å²) in [7, 11) is 3.53. The Morgan fingerprint density at radius 3 is 2.59 bits per heavy atom. The molecular weight excluding hydrogens is 741 g/mol. The molecule has 12 heteroatoms. The normalized spacial score (nSPS) is 26.5. The number of phenolic OH excluding ortho intramolecular Hbond substituents is 2. The first kappa shape index (κ1) is 30.2. The van der Waals surface area contributed by atoms with E-state index < -0.39 is 18.1 Å². The molecule has 41 heavy (non-hydrogen) atoms. The van der Waals surface area contributed by atoms with Crippen LogP contribution in [0.2, 0.25) is 0 Å². The summed E-state index contributed by atoms with van der Waals surface area (Å²) >= 11 is 0. The number of piperazine rings is 1. The molecule has 0 aromatic heterocycles. The minimum Gasteiger partial charge on any atom is -0.507 e. The van der Waals surface area contributed by atoms with E-state index in [0.717, 1.165) is 16.7 Å². The fourth-order valence-corrected chi connectivity index (χ4v) is 7.40. The van der Waals surface area contributed by atoms with Crippen LogP contribution in [0.5, 0.6) is 28.7 Å². The fourth-order valence-electron chi connectivity index (χ4n) is 7.40.